The van der Waals surface area contributed by atoms with E-state index in [0.717, 1.165) is 45.4 Å². The van der Waals surface area contributed by atoms with Gasteiger partial charge in [0.15, 0.2) is 0 Å². The first-order chi connectivity index (χ1) is 6.99. The van der Waals surface area contributed by atoms with Gasteiger partial charge in [0.05, 0.1) is 0 Å². The normalized spacial score (nSPS) is 17.5. The van der Waals surface area contributed by atoms with Crippen molar-refractivity contribution in [2.75, 3.05) is 26.2 Å². The van der Waals surface area contributed by atoms with Crippen LogP contribution in [0.15, 0.2) is 0 Å². The van der Waals surface area contributed by atoms with E-state index in [-0.39, 0.29) is 0 Å². The fraction of sp³-hybridized carbons (Fsp3) is 0.917. The fourth-order valence-electron chi connectivity index (χ4n) is 1.80. The van der Waals surface area contributed by atoms with Crippen LogP contribution in [0.3, 0.4) is 0 Å². The van der Waals surface area contributed by atoms with Crippen molar-refractivity contribution in [1.82, 2.24) is 10.2 Å². The Bertz CT molecular complexity index is 208. The summed E-state index contributed by atoms with van der Waals surface area (Å²) in [7, 11) is 0. The van der Waals surface area contributed by atoms with Crippen LogP contribution >= 0.6 is 0 Å². The van der Waals surface area contributed by atoms with Crippen LogP contribution in [0, 0.1) is 5.41 Å². The quantitative estimate of drug-likeness (QED) is 0.703. The molecule has 3 heteroatoms. The standard InChI is InChI=1S/C12H24N2O/c1-12(2,3)10-13-7-5-9-14-8-4-6-11(14)15/h13H,4-10H2,1-3H3. The van der Waals surface area contributed by atoms with E-state index >= 15 is 0 Å². The number of rotatable bonds is 5. The van der Waals surface area contributed by atoms with E-state index in [4.69, 9.17) is 0 Å². The van der Waals surface area contributed by atoms with Crippen LogP contribution < -0.4 is 5.32 Å². The molecule has 0 aromatic carbocycles. The monoisotopic (exact) mass is 212 g/mol. The zero-order chi connectivity index (χ0) is 11.3. The molecular weight excluding hydrogens is 188 g/mol. The van der Waals surface area contributed by atoms with Crippen LogP contribution in [0.2, 0.25) is 0 Å². The van der Waals surface area contributed by atoms with Gasteiger partial charge in [-0.15, -0.1) is 0 Å². The number of likely N-dealkylation sites (tertiary alicyclic amines) is 1. The number of nitrogens with zero attached hydrogens (tertiary/aromatic N) is 1. The third kappa shape index (κ3) is 5.17. The molecule has 1 saturated heterocycles. The van der Waals surface area contributed by atoms with Gasteiger partial charge in [0.1, 0.15) is 0 Å². The van der Waals surface area contributed by atoms with Crippen LogP contribution in [0.1, 0.15) is 40.0 Å². The summed E-state index contributed by atoms with van der Waals surface area (Å²) in [5.74, 6) is 0.339. The highest BCUT2D eigenvalue weighted by Gasteiger charge is 2.18. The second-order valence-electron chi connectivity index (χ2n) is 5.58. The van der Waals surface area contributed by atoms with Crippen molar-refractivity contribution in [1.29, 1.82) is 0 Å². The lowest BCUT2D eigenvalue weighted by Gasteiger charge is -2.20. The number of carbonyl (C=O) groups excluding carboxylic acids is 1. The first kappa shape index (κ1) is 12.5. The van der Waals surface area contributed by atoms with Crippen molar-refractivity contribution >= 4 is 5.91 Å². The summed E-state index contributed by atoms with van der Waals surface area (Å²) >= 11 is 0. The first-order valence-electron chi connectivity index (χ1n) is 5.97. The van der Waals surface area contributed by atoms with Gasteiger partial charge in [0.2, 0.25) is 5.91 Å². The molecule has 0 aromatic heterocycles. The first-order valence-corrected chi connectivity index (χ1v) is 5.97. The van der Waals surface area contributed by atoms with Gasteiger partial charge in [0.25, 0.3) is 0 Å². The van der Waals surface area contributed by atoms with E-state index in [9.17, 15) is 4.79 Å². The third-order valence-electron chi connectivity index (χ3n) is 2.61. The van der Waals surface area contributed by atoms with Crippen LogP contribution in [0.5, 0.6) is 0 Å². The highest BCUT2D eigenvalue weighted by Crippen LogP contribution is 2.11. The topological polar surface area (TPSA) is 32.3 Å². The number of hydrogen-bond acceptors (Lipinski definition) is 2. The molecule has 0 radical (unpaired) electrons. The highest BCUT2D eigenvalue weighted by molar-refractivity contribution is 5.77. The van der Waals surface area contributed by atoms with E-state index in [0.29, 0.717) is 11.3 Å². The Balaban J connectivity index is 2.00. The van der Waals surface area contributed by atoms with Crippen LogP contribution in [-0.2, 0) is 4.79 Å². The van der Waals surface area contributed by atoms with Gasteiger partial charge in [-0.3, -0.25) is 4.79 Å². The zero-order valence-corrected chi connectivity index (χ0v) is 10.3. The minimum Gasteiger partial charge on any atom is -0.343 e. The Morgan fingerprint density at radius 1 is 1.40 bits per heavy atom. The van der Waals surface area contributed by atoms with Gasteiger partial charge in [-0.1, -0.05) is 20.8 Å². The molecule has 0 aliphatic carbocycles. The molecule has 0 spiro atoms. The second-order valence-corrected chi connectivity index (χ2v) is 5.58. The Morgan fingerprint density at radius 2 is 2.13 bits per heavy atom. The van der Waals surface area contributed by atoms with Crippen molar-refractivity contribution < 1.29 is 4.79 Å². The molecule has 1 heterocycles. The van der Waals surface area contributed by atoms with E-state index in [1.165, 1.54) is 0 Å². The van der Waals surface area contributed by atoms with Gasteiger partial charge in [-0.2, -0.15) is 0 Å². The Hall–Kier alpha value is -0.570. The summed E-state index contributed by atoms with van der Waals surface area (Å²) in [6, 6.07) is 0. The summed E-state index contributed by atoms with van der Waals surface area (Å²) in [5, 5.41) is 3.43. The van der Waals surface area contributed by atoms with Gasteiger partial charge in [-0.25, -0.2) is 0 Å². The largest absolute Gasteiger partial charge is 0.343 e. The second kappa shape index (κ2) is 5.50. The molecule has 1 rings (SSSR count). The predicted molar refractivity (Wildman–Crippen MR) is 62.8 cm³/mol. The number of amides is 1. The molecule has 0 bridgehead atoms. The molecule has 1 amide bonds. The molecule has 1 aliphatic heterocycles. The summed E-state index contributed by atoms with van der Waals surface area (Å²) in [5.41, 5.74) is 0.351. The van der Waals surface area contributed by atoms with E-state index in [2.05, 4.69) is 26.1 Å². The van der Waals surface area contributed by atoms with Crippen molar-refractivity contribution in [3.8, 4) is 0 Å². The Labute approximate surface area is 93.2 Å². The van der Waals surface area contributed by atoms with Crippen LogP contribution in [0.25, 0.3) is 0 Å². The van der Waals surface area contributed by atoms with E-state index in [1.807, 2.05) is 4.90 Å². The molecule has 1 fully saturated rings. The maximum atomic E-state index is 11.3. The van der Waals surface area contributed by atoms with E-state index in [1.54, 1.807) is 0 Å². The van der Waals surface area contributed by atoms with Crippen LogP contribution in [0.4, 0.5) is 0 Å². The molecule has 15 heavy (non-hydrogen) atoms. The molecule has 0 saturated carbocycles. The lowest BCUT2D eigenvalue weighted by molar-refractivity contribution is -0.127. The molecule has 0 aromatic rings. The minimum atomic E-state index is 0.339. The molecule has 1 N–H and O–H groups in total. The zero-order valence-electron chi connectivity index (χ0n) is 10.3. The van der Waals surface area contributed by atoms with Gasteiger partial charge >= 0.3 is 0 Å². The average molecular weight is 212 g/mol. The Kier molecular flexibility index (Phi) is 4.58. The lowest BCUT2D eigenvalue weighted by Crippen LogP contribution is -2.31. The maximum Gasteiger partial charge on any atom is 0.222 e. The molecule has 3 nitrogen and oxygen atoms in total. The van der Waals surface area contributed by atoms with Gasteiger partial charge in [-0.05, 0) is 31.3 Å². The number of nitrogens with one attached hydrogen (secondary N) is 1. The summed E-state index contributed by atoms with van der Waals surface area (Å²) in [6.45, 7) is 10.6. The highest BCUT2D eigenvalue weighted by atomic mass is 16.2. The SMILES string of the molecule is CC(C)(C)CNCCCN1CCCC1=O. The lowest BCUT2D eigenvalue weighted by atomic mass is 9.97. The maximum absolute atomic E-state index is 11.3. The fourth-order valence-corrected chi connectivity index (χ4v) is 1.80. The molecule has 1 aliphatic rings. The van der Waals surface area contributed by atoms with Crippen molar-refractivity contribution in [3.05, 3.63) is 0 Å². The molecule has 0 unspecified atom stereocenters. The van der Waals surface area contributed by atoms with Crippen molar-refractivity contribution in [2.45, 2.75) is 40.0 Å². The third-order valence-corrected chi connectivity index (χ3v) is 2.61. The van der Waals surface area contributed by atoms with Gasteiger partial charge in [0, 0.05) is 19.5 Å². The molecule has 88 valence electrons. The Morgan fingerprint density at radius 3 is 2.67 bits per heavy atom. The summed E-state index contributed by atoms with van der Waals surface area (Å²) < 4.78 is 0. The molecule has 0 atom stereocenters. The smallest absolute Gasteiger partial charge is 0.222 e. The summed E-state index contributed by atoms with van der Waals surface area (Å²) in [6.07, 6.45) is 2.88. The van der Waals surface area contributed by atoms with Crippen molar-refractivity contribution in [3.63, 3.8) is 0 Å². The number of carbonyl (C=O) groups is 1. The predicted octanol–water partition coefficient (Wildman–Crippen LogP) is 1.63. The van der Waals surface area contributed by atoms with Crippen LogP contribution in [-0.4, -0.2) is 37.0 Å². The molecular formula is C12H24N2O. The van der Waals surface area contributed by atoms with Crippen molar-refractivity contribution in [2.24, 2.45) is 5.41 Å². The average Bonchev–Trinajstić information content (AvgIpc) is 2.49. The number of hydrogen-bond donors (Lipinski definition) is 1. The van der Waals surface area contributed by atoms with E-state index < -0.39 is 0 Å². The van der Waals surface area contributed by atoms with Gasteiger partial charge < -0.3 is 10.2 Å². The minimum absolute atomic E-state index is 0.339. The summed E-state index contributed by atoms with van der Waals surface area (Å²) in [4.78, 5) is 13.3.